The van der Waals surface area contributed by atoms with Gasteiger partial charge in [0.05, 0.1) is 5.75 Å². The van der Waals surface area contributed by atoms with Gasteiger partial charge in [-0.15, -0.1) is 0 Å². The molecule has 1 aliphatic rings. The van der Waals surface area contributed by atoms with Crippen LogP contribution in [0.5, 0.6) is 0 Å². The number of hydrogen-bond donors (Lipinski definition) is 0. The molecule has 1 aromatic carbocycles. The Hall–Kier alpha value is -1.93. The lowest BCUT2D eigenvalue weighted by molar-refractivity contribution is 0.0698. The van der Waals surface area contributed by atoms with Gasteiger partial charge in [0, 0.05) is 38.7 Å². The fraction of sp³-hybridized carbons (Fsp3) is 0.529. The first kappa shape index (κ1) is 17.9. The molecule has 136 valence electrons. The van der Waals surface area contributed by atoms with E-state index in [1.54, 1.807) is 30.0 Å². The Labute approximate surface area is 147 Å². The van der Waals surface area contributed by atoms with Gasteiger partial charge in [-0.2, -0.15) is 4.31 Å². The summed E-state index contributed by atoms with van der Waals surface area (Å²) in [5, 5.41) is 0. The molecule has 0 bridgehead atoms. The fourth-order valence-corrected chi connectivity index (χ4v) is 4.61. The smallest absolute Gasteiger partial charge is 0.254 e. The maximum atomic E-state index is 12.7. The third-order valence-corrected chi connectivity index (χ3v) is 6.37. The Morgan fingerprint density at radius 3 is 2.64 bits per heavy atom. The Kier molecular flexibility index (Phi) is 5.10. The highest BCUT2D eigenvalue weighted by molar-refractivity contribution is 7.89. The van der Waals surface area contributed by atoms with Crippen LogP contribution >= 0.6 is 0 Å². The molecular weight excluding hydrogens is 342 g/mol. The average molecular weight is 365 g/mol. The molecule has 1 saturated heterocycles. The van der Waals surface area contributed by atoms with E-state index >= 15 is 0 Å². The number of fused-ring (bicyclic) bond motifs is 1. The predicted molar refractivity (Wildman–Crippen MR) is 94.9 cm³/mol. The molecule has 0 radical (unpaired) electrons. The Bertz CT molecular complexity index is 867. The van der Waals surface area contributed by atoms with Crippen LogP contribution in [0.15, 0.2) is 22.6 Å². The van der Waals surface area contributed by atoms with Gasteiger partial charge in [-0.05, 0) is 24.6 Å². The Morgan fingerprint density at radius 2 is 1.96 bits per heavy atom. The average Bonchev–Trinajstić information content (AvgIpc) is 2.98. The van der Waals surface area contributed by atoms with Crippen LogP contribution in [0.4, 0.5) is 0 Å². The van der Waals surface area contributed by atoms with E-state index in [1.807, 2.05) is 6.92 Å². The van der Waals surface area contributed by atoms with Crippen molar-refractivity contribution in [1.82, 2.24) is 14.2 Å². The molecule has 2 aromatic rings. The lowest BCUT2D eigenvalue weighted by atomic mass is 10.1. The maximum absolute atomic E-state index is 12.7. The highest BCUT2D eigenvalue weighted by atomic mass is 32.2. The summed E-state index contributed by atoms with van der Waals surface area (Å²) in [6, 6.07) is 5.19. The van der Waals surface area contributed by atoms with E-state index in [4.69, 9.17) is 4.42 Å². The number of amides is 1. The minimum atomic E-state index is -3.21. The molecule has 8 heteroatoms. The molecule has 2 heterocycles. The van der Waals surface area contributed by atoms with Crippen molar-refractivity contribution in [3.63, 3.8) is 0 Å². The summed E-state index contributed by atoms with van der Waals surface area (Å²) < 4.78 is 31.4. The zero-order chi connectivity index (χ0) is 18.0. The third kappa shape index (κ3) is 3.85. The van der Waals surface area contributed by atoms with Gasteiger partial charge < -0.3 is 9.32 Å². The zero-order valence-corrected chi connectivity index (χ0v) is 15.4. The minimum Gasteiger partial charge on any atom is -0.441 e. The molecular formula is C17H23N3O4S. The van der Waals surface area contributed by atoms with Crippen molar-refractivity contribution in [3.8, 4) is 0 Å². The Morgan fingerprint density at radius 1 is 1.24 bits per heavy atom. The molecule has 0 spiro atoms. The zero-order valence-electron chi connectivity index (χ0n) is 14.6. The van der Waals surface area contributed by atoms with Gasteiger partial charge in [0.2, 0.25) is 10.0 Å². The summed E-state index contributed by atoms with van der Waals surface area (Å²) in [5.74, 6) is 0.637. The van der Waals surface area contributed by atoms with Crippen LogP contribution in [0.1, 0.15) is 36.0 Å². The summed E-state index contributed by atoms with van der Waals surface area (Å²) in [4.78, 5) is 18.6. The SMILES string of the molecule is CCCCS(=O)(=O)N1CCN(C(=O)c2ccc3oc(C)nc3c2)CC1. The van der Waals surface area contributed by atoms with Crippen molar-refractivity contribution >= 4 is 27.0 Å². The molecule has 0 aliphatic carbocycles. The fourth-order valence-electron chi connectivity index (χ4n) is 2.98. The predicted octanol–water partition coefficient (Wildman–Crippen LogP) is 2.02. The number of aromatic nitrogens is 1. The Balaban J connectivity index is 1.66. The second-order valence-electron chi connectivity index (χ2n) is 6.28. The van der Waals surface area contributed by atoms with Crippen molar-refractivity contribution in [1.29, 1.82) is 0 Å². The normalized spacial score (nSPS) is 16.5. The van der Waals surface area contributed by atoms with Crippen LogP contribution < -0.4 is 0 Å². The second kappa shape index (κ2) is 7.13. The summed E-state index contributed by atoms with van der Waals surface area (Å²) in [6.07, 6.45) is 1.51. The first-order valence-electron chi connectivity index (χ1n) is 8.55. The van der Waals surface area contributed by atoms with E-state index < -0.39 is 10.0 Å². The van der Waals surface area contributed by atoms with Crippen molar-refractivity contribution in [2.45, 2.75) is 26.7 Å². The number of carbonyl (C=O) groups is 1. The van der Waals surface area contributed by atoms with Gasteiger partial charge in [0.15, 0.2) is 11.5 Å². The number of benzene rings is 1. The lowest BCUT2D eigenvalue weighted by Crippen LogP contribution is -2.51. The van der Waals surface area contributed by atoms with E-state index in [2.05, 4.69) is 4.98 Å². The summed E-state index contributed by atoms with van der Waals surface area (Å²) in [7, 11) is -3.21. The van der Waals surface area contributed by atoms with Crippen LogP contribution in [0, 0.1) is 6.92 Å². The van der Waals surface area contributed by atoms with E-state index in [0.29, 0.717) is 55.2 Å². The van der Waals surface area contributed by atoms with Crippen molar-refractivity contribution < 1.29 is 17.6 Å². The summed E-state index contributed by atoms with van der Waals surface area (Å²) in [6.45, 7) is 5.24. The van der Waals surface area contributed by atoms with Gasteiger partial charge in [-0.1, -0.05) is 13.3 Å². The molecule has 1 aliphatic heterocycles. The molecule has 7 nitrogen and oxygen atoms in total. The molecule has 25 heavy (non-hydrogen) atoms. The molecule has 1 aromatic heterocycles. The van der Waals surface area contributed by atoms with E-state index in [1.165, 1.54) is 4.31 Å². The highest BCUT2D eigenvalue weighted by Crippen LogP contribution is 2.19. The summed E-state index contributed by atoms with van der Waals surface area (Å²) in [5.41, 5.74) is 1.85. The van der Waals surface area contributed by atoms with Gasteiger partial charge in [-0.3, -0.25) is 4.79 Å². The van der Waals surface area contributed by atoms with Crippen molar-refractivity contribution in [2.24, 2.45) is 0 Å². The van der Waals surface area contributed by atoms with E-state index in [-0.39, 0.29) is 11.7 Å². The maximum Gasteiger partial charge on any atom is 0.254 e. The monoisotopic (exact) mass is 365 g/mol. The van der Waals surface area contributed by atoms with Crippen molar-refractivity contribution in [3.05, 3.63) is 29.7 Å². The van der Waals surface area contributed by atoms with Crippen LogP contribution in [0.25, 0.3) is 11.1 Å². The number of aryl methyl sites for hydroxylation is 1. The molecule has 3 rings (SSSR count). The molecule has 1 amide bonds. The van der Waals surface area contributed by atoms with E-state index in [0.717, 1.165) is 6.42 Å². The number of carbonyl (C=O) groups excluding carboxylic acids is 1. The first-order valence-corrected chi connectivity index (χ1v) is 10.2. The molecule has 0 atom stereocenters. The van der Waals surface area contributed by atoms with Crippen LogP contribution in [0.2, 0.25) is 0 Å². The van der Waals surface area contributed by atoms with Crippen LogP contribution in [0.3, 0.4) is 0 Å². The highest BCUT2D eigenvalue weighted by Gasteiger charge is 2.28. The van der Waals surface area contributed by atoms with Crippen LogP contribution in [-0.2, 0) is 10.0 Å². The van der Waals surface area contributed by atoms with Gasteiger partial charge in [0.25, 0.3) is 5.91 Å². The molecule has 1 fully saturated rings. The quantitative estimate of drug-likeness (QED) is 0.809. The largest absolute Gasteiger partial charge is 0.441 e. The third-order valence-electron chi connectivity index (χ3n) is 4.42. The first-order chi connectivity index (χ1) is 11.9. The number of piperazine rings is 1. The number of hydrogen-bond acceptors (Lipinski definition) is 5. The number of rotatable bonds is 5. The topological polar surface area (TPSA) is 83.7 Å². The summed E-state index contributed by atoms with van der Waals surface area (Å²) >= 11 is 0. The van der Waals surface area contributed by atoms with Gasteiger partial charge in [-0.25, -0.2) is 13.4 Å². The van der Waals surface area contributed by atoms with Crippen LogP contribution in [-0.4, -0.2) is 60.4 Å². The second-order valence-corrected chi connectivity index (χ2v) is 8.36. The number of unbranched alkanes of at least 4 members (excludes halogenated alkanes) is 1. The number of nitrogens with zero attached hydrogens (tertiary/aromatic N) is 3. The lowest BCUT2D eigenvalue weighted by Gasteiger charge is -2.34. The standard InChI is InChI=1S/C17H23N3O4S/c1-3-4-11-25(22,23)20-9-7-19(8-10-20)17(21)14-5-6-16-15(12-14)18-13(2)24-16/h5-6,12H,3-4,7-11H2,1-2H3. The number of sulfonamides is 1. The molecule has 0 unspecified atom stereocenters. The van der Waals surface area contributed by atoms with Gasteiger partial charge >= 0.3 is 0 Å². The number of oxazole rings is 1. The van der Waals surface area contributed by atoms with E-state index in [9.17, 15) is 13.2 Å². The molecule has 0 N–H and O–H groups in total. The molecule has 0 saturated carbocycles. The van der Waals surface area contributed by atoms with Gasteiger partial charge in [0.1, 0.15) is 5.52 Å². The minimum absolute atomic E-state index is 0.104. The van der Waals surface area contributed by atoms with Crippen molar-refractivity contribution in [2.75, 3.05) is 31.9 Å².